The van der Waals surface area contributed by atoms with E-state index in [-0.39, 0.29) is 12.4 Å². The lowest BCUT2D eigenvalue weighted by molar-refractivity contribution is -0.122. The molecule has 0 N–H and O–H groups in total. The van der Waals surface area contributed by atoms with Gasteiger partial charge in [-0.15, -0.1) is 0 Å². The Kier molecular flexibility index (Phi) is 4.72. The highest BCUT2D eigenvalue weighted by Crippen LogP contribution is 2.06. The van der Waals surface area contributed by atoms with Crippen LogP contribution in [-0.2, 0) is 16.0 Å². The predicted octanol–water partition coefficient (Wildman–Crippen LogP) is 2.29. The van der Waals surface area contributed by atoms with Gasteiger partial charge >= 0.3 is 0 Å². The summed E-state index contributed by atoms with van der Waals surface area (Å²) in [6.07, 6.45) is 1.47. The molecule has 1 aromatic heterocycles. The zero-order chi connectivity index (χ0) is 9.52. The van der Waals surface area contributed by atoms with Crippen LogP contribution in [0.15, 0.2) is 16.8 Å². The standard InChI is InChI=1S/C10H14O2S/c1-2-4-12-7-10(11)6-9-3-5-13-8-9/h3,5,8H,2,4,6-7H2,1H3. The maximum atomic E-state index is 11.3. The van der Waals surface area contributed by atoms with Crippen LogP contribution in [0.5, 0.6) is 0 Å². The van der Waals surface area contributed by atoms with Crippen LogP contribution in [0.25, 0.3) is 0 Å². The van der Waals surface area contributed by atoms with E-state index in [9.17, 15) is 4.79 Å². The van der Waals surface area contributed by atoms with Crippen LogP contribution in [0.1, 0.15) is 18.9 Å². The molecule has 0 radical (unpaired) electrons. The largest absolute Gasteiger partial charge is 0.374 e. The molecule has 0 bridgehead atoms. The molecule has 13 heavy (non-hydrogen) atoms. The van der Waals surface area contributed by atoms with Crippen LogP contribution in [0, 0.1) is 0 Å². The fourth-order valence-electron chi connectivity index (χ4n) is 1.00. The molecule has 0 amide bonds. The zero-order valence-electron chi connectivity index (χ0n) is 7.79. The van der Waals surface area contributed by atoms with Crippen LogP contribution in [0.4, 0.5) is 0 Å². The molecule has 1 rings (SSSR count). The quantitative estimate of drug-likeness (QED) is 0.655. The molecule has 0 saturated heterocycles. The minimum absolute atomic E-state index is 0.159. The SMILES string of the molecule is CCCOCC(=O)Cc1ccsc1. The molecule has 2 nitrogen and oxygen atoms in total. The van der Waals surface area contributed by atoms with Gasteiger partial charge in [0.05, 0.1) is 0 Å². The second kappa shape index (κ2) is 5.89. The Morgan fingerprint density at radius 1 is 1.62 bits per heavy atom. The third-order valence-corrected chi connectivity index (χ3v) is 2.32. The summed E-state index contributed by atoms with van der Waals surface area (Å²) in [4.78, 5) is 11.3. The smallest absolute Gasteiger partial charge is 0.162 e. The number of carbonyl (C=O) groups is 1. The number of carbonyl (C=O) groups excluding carboxylic acids is 1. The zero-order valence-corrected chi connectivity index (χ0v) is 8.60. The van der Waals surface area contributed by atoms with Crippen LogP contribution in [-0.4, -0.2) is 19.0 Å². The Balaban J connectivity index is 2.18. The topological polar surface area (TPSA) is 26.3 Å². The number of rotatable bonds is 6. The molecule has 0 fully saturated rings. The van der Waals surface area contributed by atoms with Crippen LogP contribution < -0.4 is 0 Å². The van der Waals surface area contributed by atoms with Gasteiger partial charge in [-0.2, -0.15) is 11.3 Å². The first kappa shape index (κ1) is 10.4. The molecule has 0 unspecified atom stereocenters. The highest BCUT2D eigenvalue weighted by Gasteiger charge is 2.03. The lowest BCUT2D eigenvalue weighted by Crippen LogP contribution is -2.11. The first-order valence-corrected chi connectivity index (χ1v) is 5.37. The van der Waals surface area contributed by atoms with Gasteiger partial charge in [-0.25, -0.2) is 0 Å². The summed E-state index contributed by atoms with van der Waals surface area (Å²) in [5.41, 5.74) is 1.09. The molecule has 0 aromatic carbocycles. The summed E-state index contributed by atoms with van der Waals surface area (Å²) in [6, 6.07) is 1.97. The van der Waals surface area contributed by atoms with Gasteiger partial charge in [0.25, 0.3) is 0 Å². The van der Waals surface area contributed by atoms with Crippen molar-refractivity contribution in [3.8, 4) is 0 Å². The monoisotopic (exact) mass is 198 g/mol. The summed E-state index contributed by atoms with van der Waals surface area (Å²) in [5.74, 6) is 0.159. The van der Waals surface area contributed by atoms with E-state index in [1.807, 2.05) is 23.8 Å². The van der Waals surface area contributed by atoms with Gasteiger partial charge in [-0.1, -0.05) is 6.92 Å². The van der Waals surface area contributed by atoms with E-state index < -0.39 is 0 Å². The average Bonchev–Trinajstić information content (AvgIpc) is 2.57. The van der Waals surface area contributed by atoms with Crippen molar-refractivity contribution in [1.29, 1.82) is 0 Å². The van der Waals surface area contributed by atoms with Gasteiger partial charge in [0, 0.05) is 13.0 Å². The van der Waals surface area contributed by atoms with Gasteiger partial charge in [0.1, 0.15) is 6.61 Å². The van der Waals surface area contributed by atoms with Crippen LogP contribution in [0.3, 0.4) is 0 Å². The molecule has 0 atom stereocenters. The van der Waals surface area contributed by atoms with Gasteiger partial charge in [-0.05, 0) is 28.8 Å². The summed E-state index contributed by atoms with van der Waals surface area (Å²) in [6.45, 7) is 2.96. The second-order valence-corrected chi connectivity index (χ2v) is 3.68. The molecule has 0 spiro atoms. The van der Waals surface area contributed by atoms with E-state index in [2.05, 4.69) is 0 Å². The third-order valence-electron chi connectivity index (χ3n) is 1.59. The van der Waals surface area contributed by atoms with Crippen molar-refractivity contribution in [2.75, 3.05) is 13.2 Å². The van der Waals surface area contributed by atoms with Crippen molar-refractivity contribution in [2.45, 2.75) is 19.8 Å². The summed E-state index contributed by atoms with van der Waals surface area (Å²) < 4.78 is 5.15. The van der Waals surface area contributed by atoms with Crippen molar-refractivity contribution in [3.05, 3.63) is 22.4 Å². The van der Waals surface area contributed by atoms with E-state index in [0.29, 0.717) is 13.0 Å². The second-order valence-electron chi connectivity index (χ2n) is 2.90. The predicted molar refractivity (Wildman–Crippen MR) is 54.1 cm³/mol. The molecule has 72 valence electrons. The highest BCUT2D eigenvalue weighted by molar-refractivity contribution is 7.07. The molecular weight excluding hydrogens is 184 g/mol. The molecule has 1 aromatic rings. The lowest BCUT2D eigenvalue weighted by atomic mass is 10.2. The fourth-order valence-corrected chi connectivity index (χ4v) is 1.67. The van der Waals surface area contributed by atoms with Crippen molar-refractivity contribution < 1.29 is 9.53 Å². The molecule has 3 heteroatoms. The Bertz CT molecular complexity index is 241. The summed E-state index contributed by atoms with van der Waals surface area (Å²) in [5, 5.41) is 3.98. The molecular formula is C10H14O2S. The number of ether oxygens (including phenoxy) is 1. The molecule has 0 aliphatic heterocycles. The van der Waals surface area contributed by atoms with E-state index in [1.54, 1.807) is 11.3 Å². The summed E-state index contributed by atoms with van der Waals surface area (Å²) in [7, 11) is 0. The van der Waals surface area contributed by atoms with Crippen molar-refractivity contribution >= 4 is 17.1 Å². The Morgan fingerprint density at radius 3 is 3.08 bits per heavy atom. The maximum absolute atomic E-state index is 11.3. The molecule has 0 aliphatic rings. The Morgan fingerprint density at radius 2 is 2.46 bits per heavy atom. The number of ketones is 1. The van der Waals surface area contributed by atoms with Gasteiger partial charge < -0.3 is 4.74 Å². The van der Waals surface area contributed by atoms with Gasteiger partial charge in [0.15, 0.2) is 5.78 Å². The highest BCUT2D eigenvalue weighted by atomic mass is 32.1. The molecule has 0 aliphatic carbocycles. The average molecular weight is 198 g/mol. The van der Waals surface area contributed by atoms with E-state index in [0.717, 1.165) is 12.0 Å². The summed E-state index contributed by atoms with van der Waals surface area (Å²) >= 11 is 1.62. The Labute approximate surface area is 82.5 Å². The van der Waals surface area contributed by atoms with E-state index >= 15 is 0 Å². The minimum Gasteiger partial charge on any atom is -0.374 e. The third kappa shape index (κ3) is 4.20. The number of thiophene rings is 1. The fraction of sp³-hybridized carbons (Fsp3) is 0.500. The lowest BCUT2D eigenvalue weighted by Gasteiger charge is -2.00. The van der Waals surface area contributed by atoms with E-state index in [4.69, 9.17) is 4.74 Å². The molecule has 0 saturated carbocycles. The van der Waals surface area contributed by atoms with Gasteiger partial charge in [-0.3, -0.25) is 4.79 Å². The minimum atomic E-state index is 0.159. The van der Waals surface area contributed by atoms with Gasteiger partial charge in [0.2, 0.25) is 0 Å². The number of hydrogen-bond acceptors (Lipinski definition) is 3. The first-order valence-electron chi connectivity index (χ1n) is 4.43. The van der Waals surface area contributed by atoms with Crippen molar-refractivity contribution in [1.82, 2.24) is 0 Å². The van der Waals surface area contributed by atoms with Crippen LogP contribution >= 0.6 is 11.3 Å². The number of hydrogen-bond donors (Lipinski definition) is 0. The first-order chi connectivity index (χ1) is 6.33. The molecule has 1 heterocycles. The normalized spacial score (nSPS) is 10.2. The number of Topliss-reactive ketones (excluding diaryl/α,β-unsaturated/α-hetero) is 1. The van der Waals surface area contributed by atoms with Crippen molar-refractivity contribution in [3.63, 3.8) is 0 Å². The Hall–Kier alpha value is -0.670. The maximum Gasteiger partial charge on any atom is 0.162 e. The van der Waals surface area contributed by atoms with Crippen molar-refractivity contribution in [2.24, 2.45) is 0 Å². The van der Waals surface area contributed by atoms with E-state index in [1.165, 1.54) is 0 Å². The van der Waals surface area contributed by atoms with Crippen LogP contribution in [0.2, 0.25) is 0 Å².